The van der Waals surface area contributed by atoms with Crippen LogP contribution >= 0.6 is 24.3 Å². The summed E-state index contributed by atoms with van der Waals surface area (Å²) in [6.45, 7) is 0. The molecular weight excluding hydrogens is 489 g/mol. The van der Waals surface area contributed by atoms with E-state index in [0.29, 0.717) is 0 Å². The smallest absolute Gasteiger partial charge is 0.390 e. The van der Waals surface area contributed by atoms with Crippen molar-refractivity contribution in [2.24, 2.45) is 0 Å². The van der Waals surface area contributed by atoms with Gasteiger partial charge in [-0.15, -0.1) is 9.79 Å². The fourth-order valence-corrected chi connectivity index (χ4v) is 3.88. The molecule has 0 bridgehead atoms. The van der Waals surface area contributed by atoms with Gasteiger partial charge in [0.2, 0.25) is 0 Å². The lowest BCUT2D eigenvalue weighted by molar-refractivity contribution is -0.371. The molecule has 8 N–H and O–H groups in total. The first kappa shape index (κ1) is 24.0. The monoisotopic (exact) mass is 504 g/mol. The van der Waals surface area contributed by atoms with Crippen LogP contribution in [0.4, 0.5) is 5.82 Å². The highest BCUT2D eigenvalue weighted by Gasteiger charge is 2.64. The van der Waals surface area contributed by atoms with E-state index in [0.717, 1.165) is 11.6 Å². The molecule has 2 aromatic rings. The summed E-state index contributed by atoms with van der Waals surface area (Å²) in [5, 5.41) is 11.6. The number of imidazole rings is 1. The van der Waals surface area contributed by atoms with E-state index >= 15 is 0 Å². The first-order valence-electron chi connectivity index (χ1n) is 7.90. The minimum atomic E-state index is -5.18. The Morgan fingerprint density at radius 3 is 2.48 bits per heavy atom. The average Bonchev–Trinajstić information content (AvgIpc) is 3.23. The Bertz CT molecular complexity index is 1030. The molecule has 0 amide bonds. The number of rotatable bonds is 9. The highest BCUT2D eigenvalue weighted by molar-refractivity contribution is 7.49. The van der Waals surface area contributed by atoms with E-state index in [1.165, 1.54) is 10.9 Å². The lowest BCUT2D eigenvalue weighted by atomic mass is 10.1. The zero-order chi connectivity index (χ0) is 23.0. The van der Waals surface area contributed by atoms with E-state index in [4.69, 9.17) is 30.0 Å². The molecule has 1 aliphatic rings. The van der Waals surface area contributed by atoms with Gasteiger partial charge in [-0.3, -0.25) is 4.57 Å². The van der Waals surface area contributed by atoms with Crippen LogP contribution in [0.3, 0.4) is 0 Å². The molecule has 31 heavy (non-hydrogen) atoms. The Kier molecular flexibility index (Phi) is 7.05. The van der Waals surface area contributed by atoms with Crippen LogP contribution in [-0.2, 0) is 32.3 Å². The van der Waals surface area contributed by atoms with E-state index in [9.17, 15) is 18.8 Å². The SMILES string of the molecule is Nc1ncnc2c1ncn2C1CC(O)C(C(ONP(=O)(O)O)(O[P+](=O)O)O[P+](=O)O)O1. The first-order valence-corrected chi connectivity index (χ1v) is 11.8. The van der Waals surface area contributed by atoms with Crippen molar-refractivity contribution in [3.63, 3.8) is 0 Å². The van der Waals surface area contributed by atoms with Gasteiger partial charge in [0.05, 0.1) is 12.4 Å². The zero-order valence-electron chi connectivity index (χ0n) is 14.9. The number of anilines is 1. The minimum absolute atomic E-state index is 0.0450. The molecule has 0 spiro atoms. The van der Waals surface area contributed by atoms with Crippen molar-refractivity contribution in [1.82, 2.24) is 24.8 Å². The molecule has 1 aliphatic heterocycles. The number of nitrogen functional groups attached to an aromatic ring is 1. The van der Waals surface area contributed by atoms with Crippen LogP contribution in [0, 0.1) is 0 Å². The number of nitrogens with two attached hydrogens (primary N) is 1. The van der Waals surface area contributed by atoms with E-state index in [2.05, 4.69) is 28.8 Å². The van der Waals surface area contributed by atoms with Gasteiger partial charge in [0.25, 0.3) is 0 Å². The van der Waals surface area contributed by atoms with Gasteiger partial charge in [0.1, 0.15) is 18.1 Å². The maximum atomic E-state index is 11.3. The number of fused-ring (bicyclic) bond motifs is 1. The number of aromatic nitrogens is 4. The summed E-state index contributed by atoms with van der Waals surface area (Å²) >= 11 is 0. The van der Waals surface area contributed by atoms with Crippen LogP contribution in [-0.4, -0.2) is 62.4 Å². The maximum absolute atomic E-state index is 11.3. The predicted molar refractivity (Wildman–Crippen MR) is 95.1 cm³/mol. The van der Waals surface area contributed by atoms with Crippen molar-refractivity contribution in [2.45, 2.75) is 30.8 Å². The number of nitrogens with zero attached hydrogens (tertiary/aromatic N) is 4. The third-order valence-corrected chi connectivity index (χ3v) is 5.01. The molecule has 1 saturated heterocycles. The van der Waals surface area contributed by atoms with E-state index in [-0.39, 0.29) is 23.4 Å². The molecule has 2 aromatic heterocycles. The molecule has 0 saturated carbocycles. The second-order valence-corrected chi connectivity index (χ2v) is 8.48. The Hall–Kier alpha value is -1.62. The molecule has 1 fully saturated rings. The summed E-state index contributed by atoms with van der Waals surface area (Å²) in [6, 6.07) is 0. The zero-order valence-corrected chi connectivity index (χ0v) is 17.6. The molecule has 5 unspecified atom stereocenters. The number of hydrogen-bond acceptors (Lipinski definition) is 12. The van der Waals surface area contributed by atoms with E-state index in [1.54, 1.807) is 0 Å². The Morgan fingerprint density at radius 2 is 1.90 bits per heavy atom. The van der Waals surface area contributed by atoms with Gasteiger partial charge in [-0.25, -0.2) is 24.4 Å². The molecule has 18 nitrogen and oxygen atoms in total. The fraction of sp³-hybridized carbons (Fsp3) is 0.500. The highest BCUT2D eigenvalue weighted by atomic mass is 31.2. The van der Waals surface area contributed by atoms with Crippen molar-refractivity contribution < 1.29 is 57.0 Å². The number of hydrogen-bond donors (Lipinski definition) is 7. The van der Waals surface area contributed by atoms with Crippen LogP contribution in [0.2, 0.25) is 0 Å². The van der Waals surface area contributed by atoms with Gasteiger partial charge >= 0.3 is 30.2 Å². The minimum Gasteiger partial charge on any atom is -0.390 e. The van der Waals surface area contributed by atoms with Gasteiger partial charge < -0.3 is 25.4 Å². The lowest BCUT2D eigenvalue weighted by Crippen LogP contribution is -2.53. The van der Waals surface area contributed by atoms with Crippen molar-refractivity contribution in [3.8, 4) is 0 Å². The topological polar surface area (TPSA) is 271 Å². The van der Waals surface area contributed by atoms with Gasteiger partial charge in [-0.2, -0.15) is 0 Å². The average molecular weight is 504 g/mol. The number of aliphatic hydroxyl groups is 1. The van der Waals surface area contributed by atoms with Crippen molar-refractivity contribution >= 4 is 41.2 Å². The first-order chi connectivity index (χ1) is 14.4. The standard InChI is InChI=1S/C10H13N6O12P3/c11-8-6-9(13-2-12-8)16(3-14-6)5-1-4(17)7(25-5)10(27-29(18)19,28-30(20)21)26-15-31(22,23)24/h2-5,7,17H,1H2,(H5-2,11,12,13,15,18,19,20,21,22,23,24)/p+2. The van der Waals surface area contributed by atoms with Crippen molar-refractivity contribution in [1.29, 1.82) is 0 Å². The Morgan fingerprint density at radius 1 is 1.26 bits per heavy atom. The molecular formula is C10H15N6O12P3+2. The summed E-state index contributed by atoms with van der Waals surface area (Å²) in [6.07, 6.45) is -2.71. The molecule has 3 rings (SSSR count). The van der Waals surface area contributed by atoms with Gasteiger partial charge in [-0.05, 0) is 9.05 Å². The molecule has 0 aromatic carbocycles. The van der Waals surface area contributed by atoms with Gasteiger partial charge in [0, 0.05) is 15.6 Å². The van der Waals surface area contributed by atoms with Crippen LogP contribution < -0.4 is 11.0 Å². The van der Waals surface area contributed by atoms with Crippen molar-refractivity contribution in [2.75, 3.05) is 5.73 Å². The number of aliphatic hydroxyl groups excluding tert-OH is 1. The van der Waals surface area contributed by atoms with Gasteiger partial charge in [0.15, 0.2) is 17.6 Å². The summed E-state index contributed by atoms with van der Waals surface area (Å²) in [5.41, 5.74) is 6.07. The second kappa shape index (κ2) is 9.09. The number of nitrogens with one attached hydrogen (secondary N) is 1. The summed E-state index contributed by atoms with van der Waals surface area (Å²) in [4.78, 5) is 52.5. The fourth-order valence-electron chi connectivity index (χ4n) is 2.78. The summed E-state index contributed by atoms with van der Waals surface area (Å²) < 4.78 is 49.5. The summed E-state index contributed by atoms with van der Waals surface area (Å²) in [5.74, 6) is -3.20. The van der Waals surface area contributed by atoms with Crippen LogP contribution in [0.1, 0.15) is 12.6 Å². The predicted octanol–water partition coefficient (Wildman–Crippen LogP) is -1.34. The van der Waals surface area contributed by atoms with Crippen LogP contribution in [0.15, 0.2) is 12.7 Å². The van der Waals surface area contributed by atoms with Crippen molar-refractivity contribution in [3.05, 3.63) is 12.7 Å². The summed E-state index contributed by atoms with van der Waals surface area (Å²) in [7, 11) is -12.5. The van der Waals surface area contributed by atoms with E-state index in [1.807, 2.05) is 0 Å². The Balaban J connectivity index is 1.98. The highest BCUT2D eigenvalue weighted by Crippen LogP contribution is 2.46. The molecule has 170 valence electrons. The largest absolute Gasteiger partial charge is 0.700 e. The number of ether oxygens (including phenoxy) is 1. The molecule has 5 atom stereocenters. The quantitative estimate of drug-likeness (QED) is 0.118. The lowest BCUT2D eigenvalue weighted by Gasteiger charge is -2.28. The van der Waals surface area contributed by atoms with E-state index < -0.39 is 48.7 Å². The molecule has 0 radical (unpaired) electrons. The normalized spacial score (nSPS) is 24.9. The van der Waals surface area contributed by atoms with Crippen LogP contribution in [0.25, 0.3) is 11.2 Å². The molecule has 0 aliphatic carbocycles. The third-order valence-electron chi connectivity index (χ3n) is 3.86. The molecule has 21 heteroatoms. The molecule has 3 heterocycles. The van der Waals surface area contributed by atoms with Crippen LogP contribution in [0.5, 0.6) is 0 Å². The van der Waals surface area contributed by atoms with Gasteiger partial charge in [-0.1, -0.05) is 5.25 Å². The second-order valence-electron chi connectivity index (χ2n) is 5.90. The third kappa shape index (κ3) is 5.42. The maximum Gasteiger partial charge on any atom is 0.700 e. The Labute approximate surface area is 173 Å².